The monoisotopic (exact) mass is 286 g/mol. The largest absolute Gasteiger partial charge is 0.334 e. The molecule has 2 heterocycles. The predicted molar refractivity (Wildman–Crippen MR) is 78.7 cm³/mol. The lowest BCUT2D eigenvalue weighted by Gasteiger charge is -2.45. The van der Waals surface area contributed by atoms with Crippen LogP contribution in [0.1, 0.15) is 43.7 Å². The molecule has 2 atom stereocenters. The summed E-state index contributed by atoms with van der Waals surface area (Å²) in [6.07, 6.45) is 5.33. The van der Waals surface area contributed by atoms with Crippen LogP contribution in [0.2, 0.25) is 0 Å². The molecule has 1 aromatic carbocycles. The Hall–Kier alpha value is -1.39. The van der Waals surface area contributed by atoms with E-state index in [2.05, 4.69) is 12.1 Å². The van der Waals surface area contributed by atoms with Gasteiger partial charge in [-0.25, -0.2) is 0 Å². The second kappa shape index (κ2) is 4.82. The summed E-state index contributed by atoms with van der Waals surface area (Å²) in [6.45, 7) is 1.49. The molecule has 2 aliphatic heterocycles. The zero-order valence-corrected chi connectivity index (χ0v) is 12.2. The maximum Gasteiger partial charge on any atom is 0.242 e. The summed E-state index contributed by atoms with van der Waals surface area (Å²) in [5.41, 5.74) is 1.54. The Bertz CT molecular complexity index is 541. The molecule has 1 N–H and O–H groups in total. The van der Waals surface area contributed by atoms with Gasteiger partial charge in [0.15, 0.2) is 0 Å². The van der Waals surface area contributed by atoms with Crippen molar-refractivity contribution < 1.29 is 10.0 Å². The van der Waals surface area contributed by atoms with Crippen molar-refractivity contribution in [2.75, 3.05) is 13.1 Å². The lowest BCUT2D eigenvalue weighted by atomic mass is 9.88. The molecule has 3 fully saturated rings. The normalized spacial score (nSPS) is 31.0. The second-order valence-electron chi connectivity index (χ2n) is 6.90. The van der Waals surface area contributed by atoms with Gasteiger partial charge in [-0.2, -0.15) is 5.06 Å². The number of hydrogen-bond acceptors (Lipinski definition) is 3. The van der Waals surface area contributed by atoms with E-state index in [0.717, 1.165) is 25.8 Å². The third-order valence-corrected chi connectivity index (χ3v) is 5.53. The molecule has 0 radical (unpaired) electrons. The maximum absolute atomic E-state index is 12.7. The minimum atomic E-state index is -0.331. The van der Waals surface area contributed by atoms with Crippen molar-refractivity contribution >= 4 is 5.91 Å². The van der Waals surface area contributed by atoms with E-state index < -0.39 is 0 Å². The summed E-state index contributed by atoms with van der Waals surface area (Å²) in [4.78, 5) is 14.7. The van der Waals surface area contributed by atoms with Gasteiger partial charge in [0.25, 0.3) is 0 Å². The van der Waals surface area contributed by atoms with Crippen LogP contribution in [0.15, 0.2) is 30.3 Å². The highest BCUT2D eigenvalue weighted by molar-refractivity contribution is 5.83. The quantitative estimate of drug-likeness (QED) is 0.909. The lowest BCUT2D eigenvalue weighted by Crippen LogP contribution is -2.56. The van der Waals surface area contributed by atoms with Gasteiger partial charge < -0.3 is 10.1 Å². The van der Waals surface area contributed by atoms with Gasteiger partial charge in [0, 0.05) is 13.1 Å². The summed E-state index contributed by atoms with van der Waals surface area (Å²) >= 11 is 0. The smallest absolute Gasteiger partial charge is 0.242 e. The molecule has 112 valence electrons. The third kappa shape index (κ3) is 2.27. The molecule has 4 rings (SSSR count). The van der Waals surface area contributed by atoms with Crippen molar-refractivity contribution in [2.45, 2.75) is 44.2 Å². The van der Waals surface area contributed by atoms with Crippen molar-refractivity contribution in [1.29, 1.82) is 0 Å². The van der Waals surface area contributed by atoms with Crippen LogP contribution in [0, 0.1) is 5.41 Å². The highest BCUT2D eigenvalue weighted by Crippen LogP contribution is 2.53. The van der Waals surface area contributed by atoms with Gasteiger partial charge in [-0.3, -0.25) is 4.79 Å². The van der Waals surface area contributed by atoms with E-state index in [-0.39, 0.29) is 18.0 Å². The first-order valence-electron chi connectivity index (χ1n) is 8.00. The molecular formula is C17H22N2O2. The zero-order chi connectivity index (χ0) is 14.4. The topological polar surface area (TPSA) is 43.8 Å². The fourth-order valence-electron chi connectivity index (χ4n) is 3.82. The standard InChI is InChI=1S/C17H22N2O2/c20-16(15-6-8-17(9-10-17)12-19(15)21)18-11-7-14(18)13-4-2-1-3-5-13/h1-5,14-15,21H,6-12H2/t14-,15-/m0/s1. The first-order chi connectivity index (χ1) is 10.2. The molecule has 1 amide bonds. The van der Waals surface area contributed by atoms with E-state index in [0.29, 0.717) is 12.0 Å². The predicted octanol–water partition coefficient (Wildman–Crippen LogP) is 2.59. The summed E-state index contributed by atoms with van der Waals surface area (Å²) < 4.78 is 0. The van der Waals surface area contributed by atoms with Crippen molar-refractivity contribution in [3.8, 4) is 0 Å². The molecule has 4 heteroatoms. The minimum Gasteiger partial charge on any atom is -0.334 e. The second-order valence-corrected chi connectivity index (χ2v) is 6.90. The summed E-state index contributed by atoms with van der Waals surface area (Å²) in [7, 11) is 0. The Labute approximate surface area is 125 Å². The Morgan fingerprint density at radius 2 is 1.90 bits per heavy atom. The van der Waals surface area contributed by atoms with Gasteiger partial charge >= 0.3 is 0 Å². The maximum atomic E-state index is 12.7. The SMILES string of the molecule is O=C([C@@H]1CCC2(CC2)CN1O)N1CC[C@H]1c1ccccc1. The molecule has 0 bridgehead atoms. The summed E-state index contributed by atoms with van der Waals surface area (Å²) in [5.74, 6) is 0.105. The molecular weight excluding hydrogens is 264 g/mol. The zero-order valence-electron chi connectivity index (χ0n) is 12.2. The number of hydrogen-bond donors (Lipinski definition) is 1. The average molecular weight is 286 g/mol. The van der Waals surface area contributed by atoms with Gasteiger partial charge in [0.1, 0.15) is 6.04 Å². The fraction of sp³-hybridized carbons (Fsp3) is 0.588. The number of likely N-dealkylation sites (tertiary alicyclic amines) is 1. The summed E-state index contributed by atoms with van der Waals surface area (Å²) in [6, 6.07) is 10.1. The molecule has 3 aliphatic rings. The van der Waals surface area contributed by atoms with Gasteiger partial charge in [-0.1, -0.05) is 30.3 Å². The Balaban J connectivity index is 1.45. The molecule has 1 aliphatic carbocycles. The molecule has 1 aromatic rings. The average Bonchev–Trinajstić information content (AvgIpc) is 3.17. The number of piperidine rings is 1. The fourth-order valence-corrected chi connectivity index (χ4v) is 3.82. The van der Waals surface area contributed by atoms with Gasteiger partial charge in [0.2, 0.25) is 5.91 Å². The Kier molecular flexibility index (Phi) is 3.05. The first kappa shape index (κ1) is 13.3. The van der Waals surface area contributed by atoms with Crippen molar-refractivity contribution in [2.24, 2.45) is 5.41 Å². The summed E-state index contributed by atoms with van der Waals surface area (Å²) in [5, 5.41) is 11.5. The number of carbonyl (C=O) groups is 1. The van der Waals surface area contributed by atoms with Crippen LogP contribution in [-0.2, 0) is 4.79 Å². The molecule has 2 saturated heterocycles. The molecule has 0 unspecified atom stereocenters. The first-order valence-corrected chi connectivity index (χ1v) is 8.00. The molecule has 21 heavy (non-hydrogen) atoms. The van der Waals surface area contributed by atoms with Crippen molar-refractivity contribution in [1.82, 2.24) is 9.96 Å². The van der Waals surface area contributed by atoms with E-state index in [1.54, 1.807) is 0 Å². The van der Waals surface area contributed by atoms with Crippen LogP contribution in [0.3, 0.4) is 0 Å². The molecule has 0 aromatic heterocycles. The number of carbonyl (C=O) groups excluding carboxylic acids is 1. The third-order valence-electron chi connectivity index (χ3n) is 5.53. The van der Waals surface area contributed by atoms with Gasteiger partial charge in [0.05, 0.1) is 6.04 Å². The highest BCUT2D eigenvalue weighted by atomic mass is 16.5. The van der Waals surface area contributed by atoms with Gasteiger partial charge in [-0.05, 0) is 43.1 Å². The number of hydroxylamine groups is 2. The number of amides is 1. The van der Waals surface area contributed by atoms with Crippen molar-refractivity contribution in [3.63, 3.8) is 0 Å². The van der Waals surface area contributed by atoms with Crippen LogP contribution in [0.5, 0.6) is 0 Å². The van der Waals surface area contributed by atoms with Crippen LogP contribution in [0.4, 0.5) is 0 Å². The van der Waals surface area contributed by atoms with Crippen LogP contribution >= 0.6 is 0 Å². The van der Waals surface area contributed by atoms with E-state index in [1.807, 2.05) is 23.1 Å². The van der Waals surface area contributed by atoms with Crippen molar-refractivity contribution in [3.05, 3.63) is 35.9 Å². The highest BCUT2D eigenvalue weighted by Gasteiger charge is 2.50. The van der Waals surface area contributed by atoms with E-state index in [9.17, 15) is 10.0 Å². The van der Waals surface area contributed by atoms with Crippen LogP contribution < -0.4 is 0 Å². The van der Waals surface area contributed by atoms with Crippen LogP contribution in [0.25, 0.3) is 0 Å². The number of rotatable bonds is 2. The lowest BCUT2D eigenvalue weighted by molar-refractivity contribution is -0.184. The van der Waals surface area contributed by atoms with E-state index >= 15 is 0 Å². The van der Waals surface area contributed by atoms with Crippen LogP contribution in [-0.4, -0.2) is 40.2 Å². The Morgan fingerprint density at radius 3 is 2.48 bits per heavy atom. The number of nitrogens with zero attached hydrogens (tertiary/aromatic N) is 2. The minimum absolute atomic E-state index is 0.105. The number of benzene rings is 1. The Morgan fingerprint density at radius 1 is 1.14 bits per heavy atom. The molecule has 4 nitrogen and oxygen atoms in total. The molecule has 1 spiro atoms. The van der Waals surface area contributed by atoms with E-state index in [4.69, 9.17) is 0 Å². The van der Waals surface area contributed by atoms with E-state index in [1.165, 1.54) is 23.5 Å². The molecule has 1 saturated carbocycles. The van der Waals surface area contributed by atoms with Gasteiger partial charge in [-0.15, -0.1) is 0 Å².